The Morgan fingerprint density at radius 2 is 1.72 bits per heavy atom. The Hall–Kier alpha value is -1.32. The molecule has 0 unspecified atom stereocenters. The van der Waals surface area contributed by atoms with Crippen molar-refractivity contribution in [2.75, 3.05) is 37.7 Å². The highest BCUT2D eigenvalue weighted by molar-refractivity contribution is 9.10. The van der Waals surface area contributed by atoms with Gasteiger partial charge >= 0.3 is 5.97 Å². The molecule has 0 aromatic heterocycles. The van der Waals surface area contributed by atoms with Gasteiger partial charge in [0.2, 0.25) is 10.0 Å². The van der Waals surface area contributed by atoms with E-state index in [1.807, 2.05) is 6.07 Å². The van der Waals surface area contributed by atoms with Crippen LogP contribution in [0.25, 0.3) is 0 Å². The number of hydrogen-bond acceptors (Lipinski definition) is 5. The molecule has 1 aliphatic rings. The summed E-state index contributed by atoms with van der Waals surface area (Å²) in [5, 5.41) is 0.217. The molecular formula is C19H19BrCl2N2O4S. The van der Waals surface area contributed by atoms with Crippen molar-refractivity contribution in [3.05, 3.63) is 56.5 Å². The number of piperazine rings is 1. The second kappa shape index (κ2) is 9.22. The summed E-state index contributed by atoms with van der Waals surface area (Å²) in [6.45, 7) is 3.61. The zero-order valence-electron chi connectivity index (χ0n) is 15.6. The zero-order chi connectivity index (χ0) is 21.2. The van der Waals surface area contributed by atoms with Crippen LogP contribution in [0.4, 0.5) is 5.69 Å². The van der Waals surface area contributed by atoms with Crippen LogP contribution < -0.4 is 4.90 Å². The van der Waals surface area contributed by atoms with Crippen LogP contribution in [-0.2, 0) is 14.8 Å². The first-order valence-electron chi connectivity index (χ1n) is 8.91. The van der Waals surface area contributed by atoms with Crippen LogP contribution in [0, 0.1) is 0 Å². The molecular weight excluding hydrogens is 503 g/mol. The minimum atomic E-state index is -3.79. The van der Waals surface area contributed by atoms with Crippen LogP contribution in [-0.4, -0.2) is 51.5 Å². The Kier molecular flexibility index (Phi) is 7.11. The molecule has 0 aliphatic carbocycles. The summed E-state index contributed by atoms with van der Waals surface area (Å²) in [5.74, 6) is -0.382. The van der Waals surface area contributed by atoms with Gasteiger partial charge in [-0.05, 0) is 53.2 Å². The van der Waals surface area contributed by atoms with Crippen LogP contribution in [0.15, 0.2) is 45.8 Å². The van der Waals surface area contributed by atoms with Gasteiger partial charge in [0.1, 0.15) is 4.90 Å². The summed E-state index contributed by atoms with van der Waals surface area (Å²) >= 11 is 15.7. The third-order valence-corrected chi connectivity index (χ3v) is 8.04. The molecule has 3 rings (SSSR count). The lowest BCUT2D eigenvalue weighted by Crippen LogP contribution is -2.48. The lowest BCUT2D eigenvalue weighted by atomic mass is 10.2. The van der Waals surface area contributed by atoms with E-state index in [1.54, 1.807) is 25.1 Å². The number of hydrogen-bond donors (Lipinski definition) is 0. The fourth-order valence-corrected chi connectivity index (χ4v) is 6.28. The number of rotatable bonds is 5. The lowest BCUT2D eigenvalue weighted by molar-refractivity contribution is 0.0526. The highest BCUT2D eigenvalue weighted by Gasteiger charge is 2.32. The Labute approximate surface area is 188 Å². The molecule has 1 fully saturated rings. The summed E-state index contributed by atoms with van der Waals surface area (Å²) in [4.78, 5) is 13.9. The van der Waals surface area contributed by atoms with Crippen molar-refractivity contribution in [3.8, 4) is 0 Å². The van der Waals surface area contributed by atoms with E-state index in [0.29, 0.717) is 25.3 Å². The van der Waals surface area contributed by atoms with E-state index in [9.17, 15) is 13.2 Å². The van der Waals surface area contributed by atoms with Crippen LogP contribution in [0.3, 0.4) is 0 Å². The number of halogens is 3. The van der Waals surface area contributed by atoms with Crippen LogP contribution in [0.5, 0.6) is 0 Å². The number of sulfonamides is 1. The first-order chi connectivity index (χ1) is 13.8. The van der Waals surface area contributed by atoms with Crippen molar-refractivity contribution in [2.45, 2.75) is 11.8 Å². The van der Waals surface area contributed by atoms with Crippen molar-refractivity contribution in [3.63, 3.8) is 0 Å². The van der Waals surface area contributed by atoms with Crippen molar-refractivity contribution in [1.29, 1.82) is 0 Å². The smallest absolute Gasteiger partial charge is 0.338 e. The number of ether oxygens (including phenoxy) is 1. The highest BCUT2D eigenvalue weighted by Crippen LogP contribution is 2.33. The van der Waals surface area contributed by atoms with Crippen molar-refractivity contribution < 1.29 is 17.9 Å². The molecule has 1 saturated heterocycles. The normalized spacial score (nSPS) is 15.4. The van der Waals surface area contributed by atoms with Crippen molar-refractivity contribution >= 4 is 60.8 Å². The van der Waals surface area contributed by atoms with Gasteiger partial charge in [-0.3, -0.25) is 0 Å². The van der Waals surface area contributed by atoms with E-state index < -0.39 is 10.0 Å². The van der Waals surface area contributed by atoms with E-state index in [0.717, 1.165) is 10.2 Å². The molecule has 6 nitrogen and oxygen atoms in total. The second-order valence-electron chi connectivity index (χ2n) is 6.33. The Morgan fingerprint density at radius 3 is 2.28 bits per heavy atom. The molecule has 1 heterocycles. The zero-order valence-corrected chi connectivity index (χ0v) is 19.5. The predicted molar refractivity (Wildman–Crippen MR) is 118 cm³/mol. The van der Waals surface area contributed by atoms with E-state index in [2.05, 4.69) is 20.8 Å². The van der Waals surface area contributed by atoms with Gasteiger partial charge in [0, 0.05) is 30.7 Å². The molecule has 0 spiro atoms. The monoisotopic (exact) mass is 520 g/mol. The average Bonchev–Trinajstić information content (AvgIpc) is 2.68. The number of carbonyl (C=O) groups excluding carboxylic acids is 1. The molecule has 2 aromatic carbocycles. The first kappa shape index (κ1) is 22.4. The fraction of sp³-hybridized carbons (Fsp3) is 0.316. The van der Waals surface area contributed by atoms with Crippen molar-refractivity contribution in [2.24, 2.45) is 0 Å². The van der Waals surface area contributed by atoms with E-state index in [4.69, 9.17) is 27.9 Å². The van der Waals surface area contributed by atoms with Crippen molar-refractivity contribution in [1.82, 2.24) is 4.31 Å². The summed E-state index contributed by atoms with van der Waals surface area (Å²) in [6.07, 6.45) is 0. The Morgan fingerprint density at radius 1 is 1.10 bits per heavy atom. The minimum Gasteiger partial charge on any atom is -0.462 e. The van der Waals surface area contributed by atoms with Gasteiger partial charge < -0.3 is 9.64 Å². The Bertz CT molecular complexity index is 1000. The van der Waals surface area contributed by atoms with Gasteiger partial charge in [0.05, 0.1) is 27.9 Å². The van der Waals surface area contributed by atoms with Gasteiger partial charge in [0.15, 0.2) is 0 Å². The number of anilines is 1. The third kappa shape index (κ3) is 4.72. The maximum absolute atomic E-state index is 13.0. The van der Waals surface area contributed by atoms with Crippen LogP contribution in [0.1, 0.15) is 17.3 Å². The average molecular weight is 522 g/mol. The molecule has 2 aromatic rings. The van der Waals surface area contributed by atoms with Gasteiger partial charge in [0.25, 0.3) is 0 Å². The number of esters is 1. The molecule has 0 atom stereocenters. The van der Waals surface area contributed by atoms with Gasteiger partial charge in [-0.1, -0.05) is 29.3 Å². The maximum Gasteiger partial charge on any atom is 0.338 e. The van der Waals surface area contributed by atoms with Gasteiger partial charge in [-0.25, -0.2) is 13.2 Å². The van der Waals surface area contributed by atoms with E-state index in [1.165, 1.54) is 16.4 Å². The molecule has 156 valence electrons. The van der Waals surface area contributed by atoms with Crippen LogP contribution in [0.2, 0.25) is 10.0 Å². The standard InChI is InChI=1S/C19H19BrCl2N2O4S/c1-2-28-19(25)13-6-7-17(14(20)12-13)23-8-10-24(11-9-23)29(26,27)18-15(21)4-3-5-16(18)22/h3-7,12H,2,8-11H2,1H3. The largest absolute Gasteiger partial charge is 0.462 e. The van der Waals surface area contributed by atoms with Gasteiger partial charge in [-0.15, -0.1) is 0 Å². The number of carbonyl (C=O) groups is 1. The first-order valence-corrected chi connectivity index (χ1v) is 11.9. The quantitative estimate of drug-likeness (QED) is 0.544. The number of benzene rings is 2. The van der Waals surface area contributed by atoms with E-state index >= 15 is 0 Å². The molecule has 0 N–H and O–H groups in total. The summed E-state index contributed by atoms with van der Waals surface area (Å²) in [7, 11) is -3.79. The molecule has 0 saturated carbocycles. The molecule has 29 heavy (non-hydrogen) atoms. The van der Waals surface area contributed by atoms with E-state index in [-0.39, 0.29) is 34.0 Å². The topological polar surface area (TPSA) is 66.9 Å². The summed E-state index contributed by atoms with van der Waals surface area (Å²) < 4.78 is 33.1. The molecule has 0 radical (unpaired) electrons. The predicted octanol–water partition coefficient (Wildman–Crippen LogP) is 4.44. The fourth-order valence-electron chi connectivity index (χ4n) is 3.13. The SMILES string of the molecule is CCOC(=O)c1ccc(N2CCN(S(=O)(=O)c3c(Cl)cccc3Cl)CC2)c(Br)c1. The molecule has 10 heteroatoms. The lowest BCUT2D eigenvalue weighted by Gasteiger charge is -2.36. The maximum atomic E-state index is 13.0. The summed E-state index contributed by atoms with van der Waals surface area (Å²) in [6, 6.07) is 9.87. The third-order valence-electron chi connectivity index (χ3n) is 4.55. The Balaban J connectivity index is 1.75. The second-order valence-corrected chi connectivity index (χ2v) is 9.87. The minimum absolute atomic E-state index is 0.0586. The highest BCUT2D eigenvalue weighted by atomic mass is 79.9. The van der Waals surface area contributed by atoms with Gasteiger partial charge in [-0.2, -0.15) is 4.31 Å². The summed E-state index contributed by atoms with van der Waals surface area (Å²) in [5.41, 5.74) is 1.34. The molecule has 0 amide bonds. The number of nitrogens with zero attached hydrogens (tertiary/aromatic N) is 2. The molecule has 1 aliphatic heterocycles. The molecule has 0 bridgehead atoms. The van der Waals surface area contributed by atoms with Crippen LogP contribution >= 0.6 is 39.1 Å².